The molecule has 0 amide bonds. The van der Waals surface area contributed by atoms with Gasteiger partial charge in [0.05, 0.1) is 11.4 Å². The van der Waals surface area contributed by atoms with Gasteiger partial charge in [0.2, 0.25) is 5.95 Å². The Morgan fingerprint density at radius 1 is 0.844 bits per heavy atom. The van der Waals surface area contributed by atoms with Crippen LogP contribution in [0.1, 0.15) is 16.7 Å². The van der Waals surface area contributed by atoms with Crippen LogP contribution in [0.4, 0.5) is 11.6 Å². The smallest absolute Gasteiger partial charge is 0.238 e. The van der Waals surface area contributed by atoms with Crippen LogP contribution in [0.5, 0.6) is 5.75 Å². The largest absolute Gasteiger partial charge is 0.489 e. The minimum absolute atomic E-state index is 0.226. The van der Waals surface area contributed by atoms with Gasteiger partial charge < -0.3 is 10.5 Å². The molecular formula is C26H19N5O. The summed E-state index contributed by atoms with van der Waals surface area (Å²) in [5.74, 6) is 1.01. The number of anilines is 1. The third kappa shape index (κ3) is 3.09. The molecular weight excluding hydrogens is 398 g/mol. The summed E-state index contributed by atoms with van der Waals surface area (Å²) in [6.07, 6.45) is 1.89. The molecule has 0 aliphatic carbocycles. The molecule has 0 atom stereocenters. The first-order valence-electron chi connectivity index (χ1n) is 10.4. The molecule has 0 bridgehead atoms. The third-order valence-corrected chi connectivity index (χ3v) is 5.53. The van der Waals surface area contributed by atoms with Crippen LogP contribution in [-0.4, -0.2) is 20.3 Å². The van der Waals surface area contributed by atoms with Crippen molar-refractivity contribution in [1.82, 2.24) is 14.6 Å². The summed E-state index contributed by atoms with van der Waals surface area (Å²) in [5.41, 5.74) is 13.3. The van der Waals surface area contributed by atoms with E-state index >= 15 is 0 Å². The Hall–Kier alpha value is -4.45. The predicted molar refractivity (Wildman–Crippen MR) is 125 cm³/mol. The van der Waals surface area contributed by atoms with Crippen molar-refractivity contribution in [2.24, 2.45) is 4.99 Å². The Kier molecular flexibility index (Phi) is 4.21. The van der Waals surface area contributed by atoms with Crippen molar-refractivity contribution in [3.8, 4) is 17.0 Å². The SMILES string of the molecule is Nc1nc2c3c(ccn3n1)C(c1cccc(OCc3ccccc3)c1)=Nc1ccccc1-2. The Morgan fingerprint density at radius 2 is 1.69 bits per heavy atom. The molecule has 154 valence electrons. The number of nitrogen functional groups attached to an aromatic ring is 1. The summed E-state index contributed by atoms with van der Waals surface area (Å²) in [6, 6.07) is 28.1. The zero-order chi connectivity index (χ0) is 21.5. The summed E-state index contributed by atoms with van der Waals surface area (Å²) in [5, 5.41) is 4.37. The lowest BCUT2D eigenvalue weighted by atomic mass is 10.0. The third-order valence-electron chi connectivity index (χ3n) is 5.53. The molecule has 0 saturated carbocycles. The second-order valence-electron chi connectivity index (χ2n) is 7.62. The number of ether oxygens (including phenoxy) is 1. The molecule has 0 fully saturated rings. The molecule has 6 rings (SSSR count). The average Bonchev–Trinajstić information content (AvgIpc) is 3.19. The van der Waals surface area contributed by atoms with E-state index in [1.165, 1.54) is 0 Å². The molecule has 0 radical (unpaired) electrons. The van der Waals surface area contributed by atoms with Crippen LogP contribution in [0.3, 0.4) is 0 Å². The zero-order valence-electron chi connectivity index (χ0n) is 17.1. The van der Waals surface area contributed by atoms with Crippen LogP contribution in [0, 0.1) is 0 Å². The van der Waals surface area contributed by atoms with Gasteiger partial charge in [-0.15, -0.1) is 5.10 Å². The average molecular weight is 417 g/mol. The molecule has 2 aromatic heterocycles. The Morgan fingerprint density at radius 3 is 2.59 bits per heavy atom. The number of aromatic nitrogens is 3. The maximum absolute atomic E-state index is 6.06. The van der Waals surface area contributed by atoms with Gasteiger partial charge in [0.1, 0.15) is 23.6 Å². The second-order valence-corrected chi connectivity index (χ2v) is 7.62. The number of nitrogens with two attached hydrogens (primary N) is 1. The fraction of sp³-hybridized carbons (Fsp3) is 0.0385. The van der Waals surface area contributed by atoms with Crippen molar-refractivity contribution < 1.29 is 4.74 Å². The molecule has 6 nitrogen and oxygen atoms in total. The Bertz CT molecular complexity index is 1490. The molecule has 3 aromatic carbocycles. The fourth-order valence-corrected chi connectivity index (χ4v) is 4.07. The molecule has 0 unspecified atom stereocenters. The van der Waals surface area contributed by atoms with E-state index in [0.717, 1.165) is 50.6 Å². The molecule has 32 heavy (non-hydrogen) atoms. The summed E-state index contributed by atoms with van der Waals surface area (Å²) in [4.78, 5) is 9.61. The van der Waals surface area contributed by atoms with E-state index in [2.05, 4.69) is 22.2 Å². The summed E-state index contributed by atoms with van der Waals surface area (Å²) in [7, 11) is 0. The number of hydrogen-bond acceptors (Lipinski definition) is 5. The standard InChI is InChI=1S/C26H19N5O/c27-26-29-24-20-11-4-5-12-22(20)28-23(21-13-14-31(30-26)25(21)24)18-9-6-10-19(15-18)32-16-17-7-2-1-3-8-17/h1-15H,16H2,(H2,27,30). The number of para-hydroxylation sites is 1. The van der Waals surface area contributed by atoms with Crippen LogP contribution in [0.25, 0.3) is 16.8 Å². The van der Waals surface area contributed by atoms with E-state index in [-0.39, 0.29) is 5.95 Å². The van der Waals surface area contributed by atoms with Gasteiger partial charge in [-0.3, -0.25) is 0 Å². The predicted octanol–water partition coefficient (Wildman–Crippen LogP) is 5.04. The molecule has 3 heterocycles. The van der Waals surface area contributed by atoms with Crippen molar-refractivity contribution in [3.63, 3.8) is 0 Å². The summed E-state index contributed by atoms with van der Waals surface area (Å²) < 4.78 is 7.84. The zero-order valence-corrected chi connectivity index (χ0v) is 17.1. The summed E-state index contributed by atoms with van der Waals surface area (Å²) >= 11 is 0. The normalized spacial score (nSPS) is 12.2. The number of benzene rings is 3. The highest BCUT2D eigenvalue weighted by Crippen LogP contribution is 2.38. The van der Waals surface area contributed by atoms with E-state index in [4.69, 9.17) is 15.5 Å². The number of rotatable bonds is 4. The van der Waals surface area contributed by atoms with Gasteiger partial charge in [-0.05, 0) is 29.8 Å². The van der Waals surface area contributed by atoms with E-state index < -0.39 is 0 Å². The first kappa shape index (κ1) is 18.3. The lowest BCUT2D eigenvalue weighted by Gasteiger charge is -2.10. The lowest BCUT2D eigenvalue weighted by molar-refractivity contribution is 0.306. The van der Waals surface area contributed by atoms with Crippen molar-refractivity contribution in [3.05, 3.63) is 108 Å². The van der Waals surface area contributed by atoms with Crippen LogP contribution in [0.15, 0.2) is 96.1 Å². The van der Waals surface area contributed by atoms with E-state index in [1.807, 2.05) is 79.0 Å². The van der Waals surface area contributed by atoms with E-state index in [0.29, 0.717) is 6.61 Å². The minimum Gasteiger partial charge on any atom is -0.489 e. The topological polar surface area (TPSA) is 77.8 Å². The highest BCUT2D eigenvalue weighted by molar-refractivity contribution is 6.20. The van der Waals surface area contributed by atoms with Gasteiger partial charge in [-0.2, -0.15) is 0 Å². The van der Waals surface area contributed by atoms with Gasteiger partial charge in [0.25, 0.3) is 0 Å². The van der Waals surface area contributed by atoms with Gasteiger partial charge in [-0.25, -0.2) is 14.5 Å². The molecule has 0 spiro atoms. The van der Waals surface area contributed by atoms with Gasteiger partial charge in [-0.1, -0.05) is 60.7 Å². The molecule has 5 aromatic rings. The van der Waals surface area contributed by atoms with Gasteiger partial charge in [0, 0.05) is 22.9 Å². The quantitative estimate of drug-likeness (QED) is 0.436. The highest BCUT2D eigenvalue weighted by Gasteiger charge is 2.23. The molecule has 6 heteroatoms. The second kappa shape index (κ2) is 7.35. The van der Waals surface area contributed by atoms with Crippen molar-refractivity contribution in [2.75, 3.05) is 5.73 Å². The Balaban J connectivity index is 1.48. The van der Waals surface area contributed by atoms with E-state index in [9.17, 15) is 0 Å². The van der Waals surface area contributed by atoms with Crippen LogP contribution >= 0.6 is 0 Å². The fourth-order valence-electron chi connectivity index (χ4n) is 4.07. The van der Waals surface area contributed by atoms with Crippen molar-refractivity contribution in [2.45, 2.75) is 6.61 Å². The monoisotopic (exact) mass is 417 g/mol. The first-order valence-corrected chi connectivity index (χ1v) is 10.4. The number of nitrogens with zero attached hydrogens (tertiary/aromatic N) is 4. The molecule has 0 saturated heterocycles. The number of hydrogen-bond donors (Lipinski definition) is 1. The van der Waals surface area contributed by atoms with Crippen LogP contribution in [0.2, 0.25) is 0 Å². The Labute approximate surface area is 184 Å². The number of fused-ring (bicyclic) bond motifs is 2. The number of aliphatic imine (C=N–C) groups is 1. The molecule has 1 aliphatic heterocycles. The van der Waals surface area contributed by atoms with Crippen LogP contribution < -0.4 is 10.5 Å². The van der Waals surface area contributed by atoms with Gasteiger partial charge >= 0.3 is 0 Å². The summed E-state index contributed by atoms with van der Waals surface area (Å²) in [6.45, 7) is 0.506. The van der Waals surface area contributed by atoms with Crippen molar-refractivity contribution in [1.29, 1.82) is 0 Å². The first-order chi connectivity index (χ1) is 15.8. The maximum Gasteiger partial charge on any atom is 0.238 e. The highest BCUT2D eigenvalue weighted by atomic mass is 16.5. The van der Waals surface area contributed by atoms with E-state index in [1.54, 1.807) is 4.52 Å². The van der Waals surface area contributed by atoms with Gasteiger partial charge in [0.15, 0.2) is 0 Å². The minimum atomic E-state index is 0.226. The molecule has 2 N–H and O–H groups in total. The lowest BCUT2D eigenvalue weighted by Crippen LogP contribution is -2.06. The van der Waals surface area contributed by atoms with Crippen LogP contribution in [-0.2, 0) is 6.61 Å². The van der Waals surface area contributed by atoms with Crippen molar-refractivity contribution >= 4 is 22.9 Å². The maximum atomic E-state index is 6.06. The molecule has 1 aliphatic rings.